The number of fused-ring (bicyclic) bond motifs is 2. The Morgan fingerprint density at radius 2 is 1.81 bits per heavy atom. The van der Waals surface area contributed by atoms with Crippen LogP contribution < -0.4 is 25.2 Å². The van der Waals surface area contributed by atoms with E-state index in [0.717, 1.165) is 63.7 Å². The summed E-state index contributed by atoms with van der Waals surface area (Å²) >= 11 is 1.28. The molecule has 2 aliphatic carbocycles. The van der Waals surface area contributed by atoms with Gasteiger partial charge in [0, 0.05) is 69.3 Å². The highest BCUT2D eigenvalue weighted by Crippen LogP contribution is 2.55. The highest BCUT2D eigenvalue weighted by atomic mass is 32.2. The van der Waals surface area contributed by atoms with Crippen LogP contribution in [0.3, 0.4) is 0 Å². The number of nitrogens with one attached hydrogen (secondary N) is 2. The largest absolute Gasteiger partial charge is 0.453 e. The lowest BCUT2D eigenvalue weighted by molar-refractivity contribution is -0.120. The van der Waals surface area contributed by atoms with E-state index in [4.69, 9.17) is 4.74 Å². The Kier molecular flexibility index (Phi) is 10.0. The molecule has 1 spiro atoms. The molecule has 4 heterocycles. The summed E-state index contributed by atoms with van der Waals surface area (Å²) in [6.45, 7) is 4.87. The average Bonchev–Trinajstić information content (AvgIpc) is 3.51. The van der Waals surface area contributed by atoms with Crippen molar-refractivity contribution < 1.29 is 23.1 Å². The van der Waals surface area contributed by atoms with Crippen LogP contribution in [0.15, 0.2) is 53.6 Å². The molecule has 2 saturated heterocycles. The second-order valence-corrected chi connectivity index (χ2v) is 17.4. The molecule has 2 aromatic heterocycles. The van der Waals surface area contributed by atoms with Crippen molar-refractivity contribution in [3.63, 3.8) is 0 Å². The van der Waals surface area contributed by atoms with Gasteiger partial charge in [0.05, 0.1) is 28.4 Å². The molecule has 4 fully saturated rings. The number of carbonyl (C=O) groups is 2. The summed E-state index contributed by atoms with van der Waals surface area (Å²) in [4.78, 5) is 46.5. The topological polar surface area (TPSA) is 154 Å². The maximum atomic E-state index is 15.7. The lowest BCUT2D eigenvalue weighted by Crippen LogP contribution is -2.65. The van der Waals surface area contributed by atoms with Crippen molar-refractivity contribution in [2.45, 2.75) is 69.9 Å². The Morgan fingerprint density at radius 3 is 2.54 bits per heavy atom. The van der Waals surface area contributed by atoms with Crippen molar-refractivity contribution in [3.8, 4) is 17.6 Å². The van der Waals surface area contributed by atoms with E-state index < -0.39 is 11.8 Å². The number of nitrogens with zero attached hydrogens (tertiary/aromatic N) is 8. The molecule has 3 amide bonds. The number of carbonyl (C=O) groups excluding carboxylic acids is 2. The number of rotatable bonds is 10. The number of imide groups is 1. The van der Waals surface area contributed by atoms with Gasteiger partial charge in [0.1, 0.15) is 23.2 Å². The first kappa shape index (κ1) is 38.9. The summed E-state index contributed by atoms with van der Waals surface area (Å²) in [6.07, 6.45) is 7.19. The molecule has 2 aliphatic heterocycles. The third kappa shape index (κ3) is 7.06. The third-order valence-corrected chi connectivity index (χ3v) is 13.6. The van der Waals surface area contributed by atoms with Gasteiger partial charge in [0.2, 0.25) is 5.91 Å². The van der Waals surface area contributed by atoms with E-state index in [0.29, 0.717) is 39.4 Å². The van der Waals surface area contributed by atoms with Crippen molar-refractivity contribution in [1.29, 1.82) is 5.26 Å². The molecule has 0 unspecified atom stereocenters. The molecule has 17 heteroatoms. The van der Waals surface area contributed by atoms with Gasteiger partial charge in [-0.3, -0.25) is 34.0 Å². The molecule has 2 N–H and O–H groups in total. The number of benzene rings is 3. The van der Waals surface area contributed by atoms with E-state index in [1.54, 1.807) is 40.8 Å². The Labute approximate surface area is 343 Å². The zero-order chi connectivity index (χ0) is 41.2. The molecule has 306 valence electrons. The number of halogens is 2. The summed E-state index contributed by atoms with van der Waals surface area (Å²) in [7, 11) is 3.67. The van der Waals surface area contributed by atoms with Crippen molar-refractivity contribution in [2.75, 3.05) is 42.8 Å². The van der Waals surface area contributed by atoms with Gasteiger partial charge in [-0.2, -0.15) is 10.4 Å². The molecular weight excluding hydrogens is 779 g/mol. The maximum Gasteiger partial charge on any atom is 0.329 e. The SMILES string of the molecule is CCN(C)SNc1ccc(F)c(Oc2ccc3ncn(C4CC5(C4)CN(C4CCC(c6cc7c(cc6F)c(N6CCC(=O)NC6=O)nn7C)CC4)C5)c(=O)c3c2)c1C#N. The van der Waals surface area contributed by atoms with Gasteiger partial charge in [-0.1, -0.05) is 6.92 Å². The molecule has 0 bridgehead atoms. The summed E-state index contributed by atoms with van der Waals surface area (Å²) < 4.78 is 45.1. The van der Waals surface area contributed by atoms with Gasteiger partial charge in [-0.15, -0.1) is 0 Å². The lowest BCUT2D eigenvalue weighted by Gasteiger charge is -2.61. The molecule has 14 nitrogen and oxygen atoms in total. The van der Waals surface area contributed by atoms with Gasteiger partial charge in [0.15, 0.2) is 17.4 Å². The van der Waals surface area contributed by atoms with Gasteiger partial charge < -0.3 is 9.46 Å². The first-order valence-corrected chi connectivity index (χ1v) is 20.8. The molecule has 5 aromatic rings. The number of hydrogen-bond acceptors (Lipinski definition) is 11. The van der Waals surface area contributed by atoms with E-state index in [1.165, 1.54) is 35.2 Å². The normalized spacial score (nSPS) is 20.8. The summed E-state index contributed by atoms with van der Waals surface area (Å²) in [5, 5.41) is 17.7. The van der Waals surface area contributed by atoms with Crippen molar-refractivity contribution >= 4 is 57.4 Å². The predicted octanol–water partition coefficient (Wildman–Crippen LogP) is 6.96. The molecule has 2 saturated carbocycles. The van der Waals surface area contributed by atoms with Crippen LogP contribution in [0.1, 0.15) is 75.0 Å². The number of hydrogen-bond donors (Lipinski definition) is 2. The number of amides is 3. The fraction of sp³-hybridized carbons (Fsp3) is 0.429. The molecule has 9 rings (SSSR count). The fourth-order valence-corrected chi connectivity index (χ4v) is 9.93. The van der Waals surface area contributed by atoms with Crippen molar-refractivity contribution in [2.24, 2.45) is 12.5 Å². The lowest BCUT2D eigenvalue weighted by atomic mass is 9.59. The Bertz CT molecular complexity index is 2600. The zero-order valence-electron chi connectivity index (χ0n) is 33.0. The molecule has 0 radical (unpaired) electrons. The predicted molar refractivity (Wildman–Crippen MR) is 220 cm³/mol. The van der Waals surface area contributed by atoms with E-state index in [-0.39, 0.29) is 64.7 Å². The zero-order valence-corrected chi connectivity index (χ0v) is 33.8. The molecule has 0 atom stereocenters. The van der Waals surface area contributed by atoms with E-state index in [1.807, 2.05) is 24.3 Å². The summed E-state index contributed by atoms with van der Waals surface area (Å²) in [6, 6.07) is 12.9. The average molecular weight is 823 g/mol. The van der Waals surface area contributed by atoms with Gasteiger partial charge in [-0.25, -0.2) is 22.9 Å². The number of urea groups is 1. The van der Waals surface area contributed by atoms with Crippen LogP contribution >= 0.6 is 12.1 Å². The number of aromatic nitrogens is 4. The number of anilines is 2. The van der Waals surface area contributed by atoms with Gasteiger partial charge in [0.25, 0.3) is 5.56 Å². The van der Waals surface area contributed by atoms with Crippen LogP contribution in [0.5, 0.6) is 11.5 Å². The Balaban J connectivity index is 0.820. The Morgan fingerprint density at radius 1 is 1.03 bits per heavy atom. The van der Waals surface area contributed by atoms with Gasteiger partial charge >= 0.3 is 6.03 Å². The first-order chi connectivity index (χ1) is 28.4. The minimum absolute atomic E-state index is 0.0169. The van der Waals surface area contributed by atoms with E-state index >= 15 is 8.78 Å². The highest BCUT2D eigenvalue weighted by molar-refractivity contribution is 7.98. The number of likely N-dealkylation sites (tertiary alicyclic amines) is 1. The number of ether oxygens (including phenoxy) is 1. The van der Waals surface area contributed by atoms with Crippen LogP contribution in [0.25, 0.3) is 21.8 Å². The molecule has 3 aromatic carbocycles. The standard InChI is InChI=1S/C42H44F2N10O4S/c1-4-50(2)59-49-35-12-10-32(43)38(31(35)20-45)58-27-9-11-34-29(15-27)40(56)54(23-46-34)26-18-42(19-26)21-52(22-42)25-7-5-24(6-8-25)28-17-36-30(16-33(28)44)39(48-51(36)3)53-14-13-37(55)47-41(53)57/h9-12,15-17,23-26,49H,4-8,13-14,18-19,21-22H2,1-3H3,(H,47,55,57). The summed E-state index contributed by atoms with van der Waals surface area (Å²) in [5.41, 5.74) is 2.33. The van der Waals surface area contributed by atoms with E-state index in [9.17, 15) is 19.6 Å². The second kappa shape index (κ2) is 15.2. The molecule has 59 heavy (non-hydrogen) atoms. The smallest absolute Gasteiger partial charge is 0.329 e. The highest BCUT2D eigenvalue weighted by Gasteiger charge is 2.54. The third-order valence-electron chi connectivity index (χ3n) is 12.7. The van der Waals surface area contributed by atoms with Gasteiger partial charge in [-0.05, 0) is 105 Å². The van der Waals surface area contributed by atoms with Crippen molar-refractivity contribution in [1.82, 2.24) is 33.9 Å². The van der Waals surface area contributed by atoms with Crippen LogP contribution in [-0.2, 0) is 11.8 Å². The molecular formula is C42H44F2N10O4S. The number of nitriles is 1. The van der Waals surface area contributed by atoms with E-state index in [2.05, 4.69) is 31.1 Å². The second-order valence-electron chi connectivity index (χ2n) is 16.4. The molecule has 4 aliphatic rings. The summed E-state index contributed by atoms with van der Waals surface area (Å²) in [5.74, 6) is -0.885. The van der Waals surface area contributed by atoms with Crippen LogP contribution in [0.2, 0.25) is 0 Å². The minimum atomic E-state index is -0.689. The fourth-order valence-electron chi connectivity index (χ4n) is 9.37. The maximum absolute atomic E-state index is 15.7. The quantitative estimate of drug-likeness (QED) is 0.141. The minimum Gasteiger partial charge on any atom is -0.453 e. The monoisotopic (exact) mass is 822 g/mol. The van der Waals surface area contributed by atoms with Crippen LogP contribution in [-0.4, -0.2) is 79.7 Å². The van der Waals surface area contributed by atoms with Crippen LogP contribution in [0, 0.1) is 28.4 Å². The number of aryl methyl sites for hydroxylation is 1. The first-order valence-electron chi connectivity index (χ1n) is 20.0. The Hall–Kier alpha value is -5.57. The van der Waals surface area contributed by atoms with Crippen molar-refractivity contribution in [3.05, 3.63) is 81.9 Å². The van der Waals surface area contributed by atoms with Crippen LogP contribution in [0.4, 0.5) is 25.1 Å².